The maximum absolute atomic E-state index is 12.5. The number of piperazine rings is 1. The highest BCUT2D eigenvalue weighted by molar-refractivity contribution is 6.30. The van der Waals surface area contributed by atoms with Crippen LogP contribution in [0.15, 0.2) is 24.3 Å². The molecule has 0 radical (unpaired) electrons. The quantitative estimate of drug-likeness (QED) is 0.836. The summed E-state index contributed by atoms with van der Waals surface area (Å²) in [5.74, 6) is 0.00389. The minimum absolute atomic E-state index is 0.00389. The van der Waals surface area contributed by atoms with E-state index >= 15 is 0 Å². The molecule has 0 saturated carbocycles. The second-order valence-corrected chi connectivity index (χ2v) is 6.19. The van der Waals surface area contributed by atoms with E-state index in [4.69, 9.17) is 11.6 Å². The van der Waals surface area contributed by atoms with Crippen molar-refractivity contribution in [2.45, 2.75) is 25.6 Å². The molecule has 2 aliphatic rings. The average molecular weight is 308 g/mol. The molecule has 2 aliphatic heterocycles. The zero-order valence-corrected chi connectivity index (χ0v) is 12.9. The molecule has 2 fully saturated rings. The lowest BCUT2D eigenvalue weighted by molar-refractivity contribution is -0.139. The van der Waals surface area contributed by atoms with Crippen LogP contribution in [-0.2, 0) is 11.3 Å². The number of hydrogen-bond donors (Lipinski definition) is 0. The monoisotopic (exact) mass is 307 g/mol. The van der Waals surface area contributed by atoms with Gasteiger partial charge in [0, 0.05) is 31.7 Å². The van der Waals surface area contributed by atoms with Gasteiger partial charge in [-0.3, -0.25) is 4.79 Å². The second kappa shape index (κ2) is 5.22. The van der Waals surface area contributed by atoms with Crippen LogP contribution in [0.25, 0.3) is 0 Å². The van der Waals surface area contributed by atoms with Gasteiger partial charge in [-0.1, -0.05) is 23.7 Å². The lowest BCUT2D eigenvalue weighted by Crippen LogP contribution is -2.58. The number of hydrogen-bond acceptors (Lipinski definition) is 2. The summed E-state index contributed by atoms with van der Waals surface area (Å²) in [5, 5.41) is 0.667. The van der Waals surface area contributed by atoms with E-state index in [-0.39, 0.29) is 24.0 Å². The molecular formula is C15H18ClN3O2. The van der Waals surface area contributed by atoms with Gasteiger partial charge in [-0.05, 0) is 24.6 Å². The van der Waals surface area contributed by atoms with Crippen LogP contribution in [0.3, 0.4) is 0 Å². The Kier molecular flexibility index (Phi) is 3.53. The molecule has 3 amide bonds. The first-order valence-electron chi connectivity index (χ1n) is 7.04. The Morgan fingerprint density at radius 2 is 2.05 bits per heavy atom. The van der Waals surface area contributed by atoms with Crippen LogP contribution in [-0.4, -0.2) is 58.9 Å². The van der Waals surface area contributed by atoms with Crippen molar-refractivity contribution in [1.29, 1.82) is 0 Å². The molecule has 2 saturated heterocycles. The van der Waals surface area contributed by atoms with E-state index in [9.17, 15) is 9.59 Å². The lowest BCUT2D eigenvalue weighted by atomic mass is 10.1. The lowest BCUT2D eigenvalue weighted by Gasteiger charge is -2.38. The van der Waals surface area contributed by atoms with Gasteiger partial charge in [0.1, 0.15) is 6.04 Å². The predicted octanol–water partition coefficient (Wildman–Crippen LogP) is 1.81. The first-order chi connectivity index (χ1) is 9.97. The molecule has 3 rings (SSSR count). The summed E-state index contributed by atoms with van der Waals surface area (Å²) >= 11 is 5.98. The molecule has 6 heteroatoms. The van der Waals surface area contributed by atoms with Gasteiger partial charge in [0.25, 0.3) is 0 Å². The predicted molar refractivity (Wildman–Crippen MR) is 80.0 cm³/mol. The number of urea groups is 1. The van der Waals surface area contributed by atoms with Crippen molar-refractivity contribution in [3.8, 4) is 0 Å². The first-order valence-corrected chi connectivity index (χ1v) is 7.42. The van der Waals surface area contributed by atoms with E-state index in [1.165, 1.54) is 0 Å². The molecular weight excluding hydrogens is 290 g/mol. The number of carbonyl (C=O) groups is 2. The molecule has 1 aromatic rings. The Balaban J connectivity index is 1.78. The molecule has 5 nitrogen and oxygen atoms in total. The largest absolute Gasteiger partial charge is 0.342 e. The fourth-order valence-electron chi connectivity index (χ4n) is 3.20. The first kappa shape index (κ1) is 14.2. The van der Waals surface area contributed by atoms with Crippen molar-refractivity contribution in [1.82, 2.24) is 14.7 Å². The van der Waals surface area contributed by atoms with Gasteiger partial charge in [-0.15, -0.1) is 0 Å². The smallest absolute Gasteiger partial charge is 0.321 e. The van der Waals surface area contributed by atoms with Crippen LogP contribution < -0.4 is 0 Å². The van der Waals surface area contributed by atoms with Gasteiger partial charge in [0.05, 0.1) is 6.04 Å². The number of rotatable bonds is 2. The van der Waals surface area contributed by atoms with E-state index in [1.54, 1.807) is 28.7 Å². The Hall–Kier alpha value is -1.75. The van der Waals surface area contributed by atoms with Crippen LogP contribution in [0, 0.1) is 0 Å². The van der Waals surface area contributed by atoms with Crippen LogP contribution in [0.4, 0.5) is 4.79 Å². The number of fused-ring (bicyclic) bond motifs is 1. The number of likely N-dealkylation sites (N-methyl/N-ethyl adjacent to an activating group) is 1. The zero-order chi connectivity index (χ0) is 15.1. The van der Waals surface area contributed by atoms with Crippen molar-refractivity contribution in [2.75, 3.05) is 20.1 Å². The molecule has 0 unspecified atom stereocenters. The fourth-order valence-corrected chi connectivity index (χ4v) is 3.41. The highest BCUT2D eigenvalue weighted by Gasteiger charge is 2.46. The summed E-state index contributed by atoms with van der Waals surface area (Å²) < 4.78 is 0. The Bertz CT molecular complexity index is 592. The highest BCUT2D eigenvalue weighted by atomic mass is 35.5. The third-order valence-corrected chi connectivity index (χ3v) is 4.45. The van der Waals surface area contributed by atoms with Crippen molar-refractivity contribution in [3.63, 3.8) is 0 Å². The Morgan fingerprint density at radius 1 is 1.29 bits per heavy atom. The Labute approximate surface area is 129 Å². The molecule has 0 bridgehead atoms. The van der Waals surface area contributed by atoms with Crippen molar-refractivity contribution in [3.05, 3.63) is 34.9 Å². The second-order valence-electron chi connectivity index (χ2n) is 5.75. The van der Waals surface area contributed by atoms with Gasteiger partial charge in [0.2, 0.25) is 5.91 Å². The molecule has 0 aliphatic carbocycles. The van der Waals surface area contributed by atoms with E-state index < -0.39 is 0 Å². The third-order valence-electron chi connectivity index (χ3n) is 4.21. The zero-order valence-electron chi connectivity index (χ0n) is 12.1. The minimum atomic E-state index is -0.384. The molecule has 112 valence electrons. The summed E-state index contributed by atoms with van der Waals surface area (Å²) in [6.07, 6.45) is 0. The molecule has 21 heavy (non-hydrogen) atoms. The van der Waals surface area contributed by atoms with Gasteiger partial charge in [-0.2, -0.15) is 0 Å². The normalized spacial score (nSPS) is 25.6. The summed E-state index contributed by atoms with van der Waals surface area (Å²) in [5.41, 5.74) is 1.00. The number of halogens is 1. The van der Waals surface area contributed by atoms with Gasteiger partial charge in [0.15, 0.2) is 0 Å². The Morgan fingerprint density at radius 3 is 2.76 bits per heavy atom. The van der Waals surface area contributed by atoms with Crippen molar-refractivity contribution < 1.29 is 9.59 Å². The number of benzene rings is 1. The molecule has 0 aromatic heterocycles. The standard InChI is InChI=1S/C15H18ClN3O2/c1-10-14(20)17(2)8-13-9-18(15(21)19(10)13)7-11-4-3-5-12(16)6-11/h3-6,10,13H,7-9H2,1-2H3/t10-,13-/m0/s1. The molecule has 0 spiro atoms. The van der Waals surface area contributed by atoms with Crippen molar-refractivity contribution in [2.24, 2.45) is 0 Å². The van der Waals surface area contributed by atoms with Crippen molar-refractivity contribution >= 4 is 23.5 Å². The SMILES string of the molecule is C[C@H]1C(=O)N(C)C[C@H]2CN(Cc3cccc(Cl)c3)C(=O)N21. The third kappa shape index (κ3) is 2.46. The summed E-state index contributed by atoms with van der Waals surface area (Å²) in [7, 11) is 1.79. The summed E-state index contributed by atoms with van der Waals surface area (Å²) in [6.45, 7) is 3.57. The summed E-state index contributed by atoms with van der Waals surface area (Å²) in [4.78, 5) is 29.8. The van der Waals surface area contributed by atoms with E-state index in [2.05, 4.69) is 0 Å². The fraction of sp³-hybridized carbons (Fsp3) is 0.467. The molecule has 0 N–H and O–H groups in total. The maximum Gasteiger partial charge on any atom is 0.321 e. The average Bonchev–Trinajstić information content (AvgIpc) is 2.73. The van der Waals surface area contributed by atoms with Gasteiger partial charge >= 0.3 is 6.03 Å². The van der Waals surface area contributed by atoms with Gasteiger partial charge in [-0.25, -0.2) is 4.79 Å². The van der Waals surface area contributed by atoms with Crippen LogP contribution >= 0.6 is 11.6 Å². The molecule has 2 heterocycles. The number of amides is 3. The van der Waals surface area contributed by atoms with Gasteiger partial charge < -0.3 is 14.7 Å². The number of carbonyl (C=O) groups excluding carboxylic acids is 2. The molecule has 2 atom stereocenters. The maximum atomic E-state index is 12.5. The number of nitrogens with zero attached hydrogens (tertiary/aromatic N) is 3. The van der Waals surface area contributed by atoms with E-state index in [0.29, 0.717) is 24.7 Å². The van der Waals surface area contributed by atoms with E-state index in [0.717, 1.165) is 5.56 Å². The topological polar surface area (TPSA) is 43.9 Å². The van der Waals surface area contributed by atoms with Crippen LogP contribution in [0.1, 0.15) is 12.5 Å². The van der Waals surface area contributed by atoms with E-state index in [1.807, 2.05) is 24.3 Å². The summed E-state index contributed by atoms with van der Waals surface area (Å²) in [6, 6.07) is 7.15. The minimum Gasteiger partial charge on any atom is -0.342 e. The van der Waals surface area contributed by atoms with Crippen LogP contribution in [0.5, 0.6) is 0 Å². The molecule has 1 aromatic carbocycles. The van der Waals surface area contributed by atoms with Crippen LogP contribution in [0.2, 0.25) is 5.02 Å². The highest BCUT2D eigenvalue weighted by Crippen LogP contribution is 2.26.